The molecule has 6 heteroatoms. The van der Waals surface area contributed by atoms with Crippen molar-refractivity contribution in [3.63, 3.8) is 0 Å². The third kappa shape index (κ3) is 3.09. The first-order valence-electron chi connectivity index (χ1n) is 5.64. The van der Waals surface area contributed by atoms with Crippen molar-refractivity contribution in [2.24, 2.45) is 0 Å². The molecule has 0 N–H and O–H groups in total. The lowest BCUT2D eigenvalue weighted by Crippen LogP contribution is -2.18. The zero-order valence-corrected chi connectivity index (χ0v) is 11.6. The molecular formula is C12H15ClO4S. The van der Waals surface area contributed by atoms with E-state index >= 15 is 0 Å². The Morgan fingerprint density at radius 3 is 2.72 bits per heavy atom. The highest BCUT2D eigenvalue weighted by atomic mass is 35.5. The van der Waals surface area contributed by atoms with Gasteiger partial charge in [-0.05, 0) is 24.1 Å². The van der Waals surface area contributed by atoms with E-state index in [1.807, 2.05) is 6.07 Å². The quantitative estimate of drug-likeness (QED) is 0.796. The zero-order valence-electron chi connectivity index (χ0n) is 10.1. The van der Waals surface area contributed by atoms with Crippen molar-refractivity contribution >= 4 is 21.4 Å². The first-order chi connectivity index (χ1) is 8.54. The topological polar surface area (TPSA) is 52.6 Å². The number of rotatable bonds is 4. The maximum Gasteiger partial charge on any atom is 0.161 e. The van der Waals surface area contributed by atoms with E-state index in [0.29, 0.717) is 23.8 Å². The van der Waals surface area contributed by atoms with Gasteiger partial charge in [-0.25, -0.2) is 8.42 Å². The lowest BCUT2D eigenvalue weighted by molar-refractivity contribution is 0.218. The third-order valence-electron chi connectivity index (χ3n) is 2.87. The van der Waals surface area contributed by atoms with Crippen LogP contribution in [0, 0.1) is 0 Å². The summed E-state index contributed by atoms with van der Waals surface area (Å²) in [5.41, 5.74) is 0.930. The molecule has 0 saturated carbocycles. The highest BCUT2D eigenvalue weighted by Crippen LogP contribution is 2.31. The number of halogens is 1. The first-order valence-corrected chi connectivity index (χ1v) is 7.99. The van der Waals surface area contributed by atoms with Crippen LogP contribution in [0.3, 0.4) is 0 Å². The summed E-state index contributed by atoms with van der Waals surface area (Å²) in [5, 5.41) is 0. The summed E-state index contributed by atoms with van der Waals surface area (Å²) in [7, 11) is -1.39. The van der Waals surface area contributed by atoms with Crippen LogP contribution in [0.25, 0.3) is 0 Å². The number of hydrogen-bond acceptors (Lipinski definition) is 4. The normalized spacial score (nSPS) is 21.8. The molecule has 4 nitrogen and oxygen atoms in total. The number of ether oxygens (including phenoxy) is 2. The summed E-state index contributed by atoms with van der Waals surface area (Å²) in [5.74, 6) is 1.81. The summed E-state index contributed by atoms with van der Waals surface area (Å²) >= 11 is 5.74. The van der Waals surface area contributed by atoms with Crippen LogP contribution < -0.4 is 9.47 Å². The van der Waals surface area contributed by atoms with Gasteiger partial charge in [-0.1, -0.05) is 6.07 Å². The molecule has 0 radical (unpaired) electrons. The number of sulfone groups is 1. The Bertz CT molecular complexity index is 527. The summed E-state index contributed by atoms with van der Waals surface area (Å²) in [6.45, 7) is 0. The molecule has 1 aromatic carbocycles. The minimum absolute atomic E-state index is 0.0768. The van der Waals surface area contributed by atoms with E-state index in [4.69, 9.17) is 21.1 Å². The lowest BCUT2D eigenvalue weighted by atomic mass is 10.2. The van der Waals surface area contributed by atoms with E-state index in [-0.39, 0.29) is 17.6 Å². The van der Waals surface area contributed by atoms with Crippen LogP contribution in [0.5, 0.6) is 11.5 Å². The van der Waals surface area contributed by atoms with E-state index in [1.54, 1.807) is 19.2 Å². The predicted molar refractivity (Wildman–Crippen MR) is 70.2 cm³/mol. The number of alkyl halides is 1. The summed E-state index contributed by atoms with van der Waals surface area (Å²) in [6.07, 6.45) is 0.244. The van der Waals surface area contributed by atoms with Crippen LogP contribution in [0.2, 0.25) is 0 Å². The van der Waals surface area contributed by atoms with Crippen molar-refractivity contribution < 1.29 is 17.9 Å². The fraction of sp³-hybridized carbons (Fsp3) is 0.500. The first kappa shape index (κ1) is 13.5. The lowest BCUT2D eigenvalue weighted by Gasteiger charge is -2.15. The molecule has 1 aliphatic rings. The molecule has 0 spiro atoms. The van der Waals surface area contributed by atoms with E-state index in [2.05, 4.69) is 0 Å². The van der Waals surface area contributed by atoms with Gasteiger partial charge in [0.05, 0.1) is 18.6 Å². The average Bonchev–Trinajstić information content (AvgIpc) is 2.69. The molecule has 1 aromatic rings. The summed E-state index contributed by atoms with van der Waals surface area (Å²) in [6, 6.07) is 5.40. The molecule has 1 unspecified atom stereocenters. The SMILES string of the molecule is COc1cc(CCl)ccc1OC1CCS(=O)(=O)C1. The highest BCUT2D eigenvalue weighted by Gasteiger charge is 2.29. The van der Waals surface area contributed by atoms with Crippen molar-refractivity contribution in [2.75, 3.05) is 18.6 Å². The molecule has 1 heterocycles. The maximum absolute atomic E-state index is 11.4. The fourth-order valence-electron chi connectivity index (χ4n) is 1.93. The van der Waals surface area contributed by atoms with Crippen molar-refractivity contribution in [3.8, 4) is 11.5 Å². The fourth-order valence-corrected chi connectivity index (χ4v) is 3.68. The monoisotopic (exact) mass is 290 g/mol. The van der Waals surface area contributed by atoms with Crippen LogP contribution in [0.15, 0.2) is 18.2 Å². The summed E-state index contributed by atoms with van der Waals surface area (Å²) in [4.78, 5) is 0. The molecule has 1 aliphatic heterocycles. The van der Waals surface area contributed by atoms with Crippen LogP contribution in [-0.2, 0) is 15.7 Å². The smallest absolute Gasteiger partial charge is 0.161 e. The Balaban J connectivity index is 2.14. The second-order valence-corrected chi connectivity index (χ2v) is 6.76. The molecule has 1 atom stereocenters. The van der Waals surface area contributed by atoms with Crippen LogP contribution in [0.4, 0.5) is 0 Å². The van der Waals surface area contributed by atoms with Crippen molar-refractivity contribution in [2.45, 2.75) is 18.4 Å². The van der Waals surface area contributed by atoms with Gasteiger partial charge < -0.3 is 9.47 Å². The van der Waals surface area contributed by atoms with Crippen LogP contribution >= 0.6 is 11.6 Å². The Morgan fingerprint density at radius 1 is 1.39 bits per heavy atom. The van der Waals surface area contributed by atoms with Crippen molar-refractivity contribution in [3.05, 3.63) is 23.8 Å². The van der Waals surface area contributed by atoms with Crippen molar-refractivity contribution in [1.82, 2.24) is 0 Å². The molecular weight excluding hydrogens is 276 g/mol. The van der Waals surface area contributed by atoms with E-state index < -0.39 is 9.84 Å². The van der Waals surface area contributed by atoms with Gasteiger partial charge in [0.25, 0.3) is 0 Å². The molecule has 100 valence electrons. The van der Waals surface area contributed by atoms with Crippen molar-refractivity contribution in [1.29, 1.82) is 0 Å². The third-order valence-corrected chi connectivity index (χ3v) is 4.91. The Labute approximate surface area is 112 Å². The number of methoxy groups -OCH3 is 1. The molecule has 18 heavy (non-hydrogen) atoms. The van der Waals surface area contributed by atoms with Crippen LogP contribution in [0.1, 0.15) is 12.0 Å². The van der Waals surface area contributed by atoms with Gasteiger partial charge in [0.1, 0.15) is 6.10 Å². The average molecular weight is 291 g/mol. The second kappa shape index (κ2) is 5.36. The summed E-state index contributed by atoms with van der Waals surface area (Å²) < 4.78 is 33.6. The van der Waals surface area contributed by atoms with Gasteiger partial charge >= 0.3 is 0 Å². The minimum Gasteiger partial charge on any atom is -0.493 e. The highest BCUT2D eigenvalue weighted by molar-refractivity contribution is 7.91. The van der Waals surface area contributed by atoms with E-state index in [9.17, 15) is 8.42 Å². The molecule has 0 amide bonds. The molecule has 0 bridgehead atoms. The van der Waals surface area contributed by atoms with Gasteiger partial charge in [0.2, 0.25) is 0 Å². The Kier molecular flexibility index (Phi) is 4.02. The van der Waals surface area contributed by atoms with E-state index in [0.717, 1.165) is 5.56 Å². The minimum atomic E-state index is -2.93. The number of benzene rings is 1. The number of hydrogen-bond donors (Lipinski definition) is 0. The largest absolute Gasteiger partial charge is 0.493 e. The molecule has 0 aliphatic carbocycles. The zero-order chi connectivity index (χ0) is 13.2. The van der Waals surface area contributed by atoms with Crippen LogP contribution in [-0.4, -0.2) is 33.1 Å². The molecule has 2 rings (SSSR count). The predicted octanol–water partition coefficient (Wildman–Crippen LogP) is 2.00. The van der Waals surface area contributed by atoms with Gasteiger partial charge in [0, 0.05) is 5.88 Å². The van der Waals surface area contributed by atoms with E-state index in [1.165, 1.54) is 0 Å². The maximum atomic E-state index is 11.4. The van der Waals surface area contributed by atoms with Gasteiger partial charge in [-0.3, -0.25) is 0 Å². The Morgan fingerprint density at radius 2 is 2.17 bits per heavy atom. The van der Waals surface area contributed by atoms with Gasteiger partial charge in [-0.2, -0.15) is 0 Å². The molecule has 0 aromatic heterocycles. The van der Waals surface area contributed by atoms with Gasteiger partial charge in [0.15, 0.2) is 21.3 Å². The second-order valence-electron chi connectivity index (χ2n) is 4.26. The van der Waals surface area contributed by atoms with Gasteiger partial charge in [-0.15, -0.1) is 11.6 Å². The molecule has 1 saturated heterocycles. The standard InChI is InChI=1S/C12H15ClO4S/c1-16-12-6-9(7-13)2-3-11(12)17-10-4-5-18(14,15)8-10/h2-3,6,10H,4-5,7-8H2,1H3. The molecule has 1 fully saturated rings. The Hall–Kier alpha value is -0.940.